The molecular weight excluding hydrogens is 228 g/mol. The monoisotopic (exact) mass is 248 g/mol. The summed E-state index contributed by atoms with van der Waals surface area (Å²) in [6, 6.07) is 5.84. The van der Waals surface area contributed by atoms with E-state index in [4.69, 9.17) is 10.5 Å². The van der Waals surface area contributed by atoms with Crippen molar-refractivity contribution in [1.82, 2.24) is 4.90 Å². The highest BCUT2D eigenvalue weighted by atomic mass is 16.5. The van der Waals surface area contributed by atoms with Crippen molar-refractivity contribution in [3.63, 3.8) is 0 Å². The summed E-state index contributed by atoms with van der Waals surface area (Å²) >= 11 is 0. The van der Waals surface area contributed by atoms with Gasteiger partial charge in [0.2, 0.25) is 0 Å². The fourth-order valence-corrected chi connectivity index (χ4v) is 2.20. The molecular formula is C14H20N2O2. The van der Waals surface area contributed by atoms with E-state index in [1.807, 2.05) is 36.9 Å². The summed E-state index contributed by atoms with van der Waals surface area (Å²) in [5.41, 5.74) is 8.58. The Morgan fingerprint density at radius 2 is 2.28 bits per heavy atom. The molecule has 98 valence electrons. The molecule has 1 heterocycles. The Labute approximate surface area is 108 Å². The van der Waals surface area contributed by atoms with Crippen LogP contribution in [0.5, 0.6) is 0 Å². The van der Waals surface area contributed by atoms with E-state index in [9.17, 15) is 4.79 Å². The van der Waals surface area contributed by atoms with Gasteiger partial charge in [0.15, 0.2) is 0 Å². The van der Waals surface area contributed by atoms with Crippen molar-refractivity contribution >= 4 is 5.91 Å². The number of hydrogen-bond acceptors (Lipinski definition) is 3. The van der Waals surface area contributed by atoms with Crippen LogP contribution in [0.4, 0.5) is 0 Å². The van der Waals surface area contributed by atoms with Crippen LogP contribution in [0.25, 0.3) is 0 Å². The summed E-state index contributed by atoms with van der Waals surface area (Å²) in [5, 5.41) is 0. The molecule has 0 radical (unpaired) electrons. The number of carbonyl (C=O) groups excluding carboxylic acids is 1. The summed E-state index contributed by atoms with van der Waals surface area (Å²) in [5.74, 6) is 0.0814. The summed E-state index contributed by atoms with van der Waals surface area (Å²) in [7, 11) is 0. The molecule has 18 heavy (non-hydrogen) atoms. The van der Waals surface area contributed by atoms with Crippen molar-refractivity contribution in [3.8, 4) is 0 Å². The van der Waals surface area contributed by atoms with Gasteiger partial charge < -0.3 is 15.4 Å². The number of rotatable bonds is 2. The Hall–Kier alpha value is -1.39. The lowest BCUT2D eigenvalue weighted by Crippen LogP contribution is -2.48. The first-order valence-electron chi connectivity index (χ1n) is 6.30. The predicted molar refractivity (Wildman–Crippen MR) is 70.6 cm³/mol. The first kappa shape index (κ1) is 13.1. The second-order valence-electron chi connectivity index (χ2n) is 4.73. The molecule has 1 saturated heterocycles. The molecule has 1 fully saturated rings. The summed E-state index contributed by atoms with van der Waals surface area (Å²) in [6.45, 7) is 6.26. The lowest BCUT2D eigenvalue weighted by atomic mass is 10.0. The standard InChI is InChI=1S/C14H20N2O2/c1-10-4-3-5-13(11(10)2)14(17)16-6-7-18-12(8-15)9-16/h3-5,12H,6-9,15H2,1-2H3/t12-/m0/s1. The Kier molecular flexibility index (Phi) is 3.99. The van der Waals surface area contributed by atoms with Gasteiger partial charge in [0.1, 0.15) is 0 Å². The van der Waals surface area contributed by atoms with Crippen LogP contribution in [0.3, 0.4) is 0 Å². The number of carbonyl (C=O) groups is 1. The zero-order valence-corrected chi connectivity index (χ0v) is 11.0. The van der Waals surface area contributed by atoms with Crippen LogP contribution in [0.2, 0.25) is 0 Å². The largest absolute Gasteiger partial charge is 0.373 e. The highest BCUT2D eigenvalue weighted by Crippen LogP contribution is 2.16. The van der Waals surface area contributed by atoms with Gasteiger partial charge in [0.05, 0.1) is 12.7 Å². The van der Waals surface area contributed by atoms with Crippen molar-refractivity contribution in [2.45, 2.75) is 20.0 Å². The molecule has 0 aliphatic carbocycles. The molecule has 4 nitrogen and oxygen atoms in total. The van der Waals surface area contributed by atoms with E-state index in [1.165, 1.54) is 0 Å². The first-order chi connectivity index (χ1) is 8.63. The smallest absolute Gasteiger partial charge is 0.254 e. The maximum absolute atomic E-state index is 12.5. The van der Waals surface area contributed by atoms with Crippen molar-refractivity contribution < 1.29 is 9.53 Å². The van der Waals surface area contributed by atoms with Crippen LogP contribution in [0.15, 0.2) is 18.2 Å². The molecule has 1 atom stereocenters. The van der Waals surface area contributed by atoms with Gasteiger partial charge in [-0.05, 0) is 31.0 Å². The zero-order valence-electron chi connectivity index (χ0n) is 11.0. The van der Waals surface area contributed by atoms with Crippen LogP contribution in [-0.4, -0.2) is 43.2 Å². The van der Waals surface area contributed by atoms with E-state index in [-0.39, 0.29) is 12.0 Å². The van der Waals surface area contributed by atoms with Crippen LogP contribution < -0.4 is 5.73 Å². The van der Waals surface area contributed by atoms with E-state index in [1.54, 1.807) is 0 Å². The molecule has 1 aliphatic rings. The lowest BCUT2D eigenvalue weighted by Gasteiger charge is -2.32. The maximum Gasteiger partial charge on any atom is 0.254 e. The minimum absolute atomic E-state index is 0.0344. The molecule has 0 saturated carbocycles. The Balaban J connectivity index is 2.18. The van der Waals surface area contributed by atoms with Crippen LogP contribution in [0.1, 0.15) is 21.5 Å². The van der Waals surface area contributed by atoms with Crippen LogP contribution in [0, 0.1) is 13.8 Å². The molecule has 2 N–H and O–H groups in total. The normalized spacial score (nSPS) is 19.9. The molecule has 0 spiro atoms. The van der Waals surface area contributed by atoms with Crippen molar-refractivity contribution in [2.24, 2.45) is 5.73 Å². The maximum atomic E-state index is 12.5. The van der Waals surface area contributed by atoms with E-state index in [0.717, 1.165) is 16.7 Å². The predicted octanol–water partition coefficient (Wildman–Crippen LogP) is 1.10. The second kappa shape index (κ2) is 5.50. The highest BCUT2D eigenvalue weighted by Gasteiger charge is 2.25. The number of nitrogens with zero attached hydrogens (tertiary/aromatic N) is 1. The molecule has 1 aromatic rings. The van der Waals surface area contributed by atoms with E-state index in [0.29, 0.717) is 26.2 Å². The average molecular weight is 248 g/mol. The number of morpholine rings is 1. The average Bonchev–Trinajstić information content (AvgIpc) is 2.41. The Morgan fingerprint density at radius 1 is 1.50 bits per heavy atom. The quantitative estimate of drug-likeness (QED) is 0.852. The number of amides is 1. The van der Waals surface area contributed by atoms with E-state index in [2.05, 4.69) is 0 Å². The van der Waals surface area contributed by atoms with Crippen molar-refractivity contribution in [2.75, 3.05) is 26.2 Å². The fraction of sp³-hybridized carbons (Fsp3) is 0.500. The molecule has 1 aliphatic heterocycles. The number of ether oxygens (including phenoxy) is 1. The minimum Gasteiger partial charge on any atom is -0.373 e. The lowest BCUT2D eigenvalue weighted by molar-refractivity contribution is -0.0167. The van der Waals surface area contributed by atoms with Gasteiger partial charge in [0, 0.05) is 25.2 Å². The fourth-order valence-electron chi connectivity index (χ4n) is 2.20. The number of benzene rings is 1. The zero-order chi connectivity index (χ0) is 13.1. The van der Waals surface area contributed by atoms with Gasteiger partial charge >= 0.3 is 0 Å². The summed E-state index contributed by atoms with van der Waals surface area (Å²) < 4.78 is 5.48. The Morgan fingerprint density at radius 3 is 3.00 bits per heavy atom. The van der Waals surface area contributed by atoms with Gasteiger partial charge in [-0.2, -0.15) is 0 Å². The molecule has 1 aromatic carbocycles. The van der Waals surface area contributed by atoms with Gasteiger partial charge in [-0.15, -0.1) is 0 Å². The summed E-state index contributed by atoms with van der Waals surface area (Å²) in [4.78, 5) is 14.3. The van der Waals surface area contributed by atoms with Crippen molar-refractivity contribution in [1.29, 1.82) is 0 Å². The first-order valence-corrected chi connectivity index (χ1v) is 6.30. The summed E-state index contributed by atoms with van der Waals surface area (Å²) in [6.07, 6.45) is -0.0344. The third-order valence-electron chi connectivity index (χ3n) is 3.52. The van der Waals surface area contributed by atoms with E-state index >= 15 is 0 Å². The topological polar surface area (TPSA) is 55.6 Å². The third-order valence-corrected chi connectivity index (χ3v) is 3.52. The van der Waals surface area contributed by atoms with Gasteiger partial charge in [-0.25, -0.2) is 0 Å². The molecule has 1 amide bonds. The van der Waals surface area contributed by atoms with Gasteiger partial charge in [-0.3, -0.25) is 4.79 Å². The molecule has 4 heteroatoms. The number of hydrogen-bond donors (Lipinski definition) is 1. The van der Waals surface area contributed by atoms with Gasteiger partial charge in [-0.1, -0.05) is 12.1 Å². The number of nitrogens with two attached hydrogens (primary N) is 1. The second-order valence-corrected chi connectivity index (χ2v) is 4.73. The highest BCUT2D eigenvalue weighted by molar-refractivity contribution is 5.96. The molecule has 2 rings (SSSR count). The Bertz CT molecular complexity index is 445. The van der Waals surface area contributed by atoms with Crippen LogP contribution >= 0.6 is 0 Å². The van der Waals surface area contributed by atoms with Crippen molar-refractivity contribution in [3.05, 3.63) is 34.9 Å². The molecule has 0 aromatic heterocycles. The third kappa shape index (κ3) is 2.54. The van der Waals surface area contributed by atoms with Gasteiger partial charge in [0.25, 0.3) is 5.91 Å². The van der Waals surface area contributed by atoms with Crippen LogP contribution in [-0.2, 0) is 4.74 Å². The molecule has 0 bridgehead atoms. The molecule has 0 unspecified atom stereocenters. The van der Waals surface area contributed by atoms with E-state index < -0.39 is 0 Å². The SMILES string of the molecule is Cc1cccc(C(=O)N2CCO[C@@H](CN)C2)c1C. The minimum atomic E-state index is -0.0344. The number of aryl methyl sites for hydroxylation is 1.